The number of nitrogens with zero attached hydrogens (tertiary/aromatic N) is 3. The van der Waals surface area contributed by atoms with Crippen LogP contribution in [0.15, 0.2) is 42.9 Å². The van der Waals surface area contributed by atoms with Crippen molar-refractivity contribution in [1.82, 2.24) is 14.3 Å². The molecule has 0 fully saturated rings. The Balaban J connectivity index is 1.45. The SMILES string of the molecule is CCOc1cc(-c2cc(NCCc3ccc4sncc4c3)ncn2)sc1C(=O)O. The van der Waals surface area contributed by atoms with Crippen LogP contribution in [-0.2, 0) is 6.42 Å². The van der Waals surface area contributed by atoms with Gasteiger partial charge in [-0.3, -0.25) is 0 Å². The maximum absolute atomic E-state index is 11.4. The number of carboxylic acid groups (broad SMARTS) is 1. The Hall–Kier alpha value is -3.04. The van der Waals surface area contributed by atoms with Gasteiger partial charge in [0.25, 0.3) is 0 Å². The summed E-state index contributed by atoms with van der Waals surface area (Å²) in [6, 6.07) is 9.90. The number of rotatable bonds is 8. The molecule has 29 heavy (non-hydrogen) atoms. The van der Waals surface area contributed by atoms with Gasteiger partial charge in [0.15, 0.2) is 4.88 Å². The lowest BCUT2D eigenvalue weighted by Gasteiger charge is -2.06. The third-order valence-corrected chi connectivity index (χ3v) is 6.15. The van der Waals surface area contributed by atoms with E-state index in [1.54, 1.807) is 6.07 Å². The lowest BCUT2D eigenvalue weighted by Crippen LogP contribution is -2.06. The van der Waals surface area contributed by atoms with Crippen molar-refractivity contribution in [3.63, 3.8) is 0 Å². The number of carbonyl (C=O) groups is 1. The zero-order valence-corrected chi connectivity index (χ0v) is 17.2. The van der Waals surface area contributed by atoms with Gasteiger partial charge in [0.1, 0.15) is 17.9 Å². The molecule has 4 rings (SSSR count). The van der Waals surface area contributed by atoms with Crippen molar-refractivity contribution in [3.8, 4) is 16.3 Å². The molecule has 0 saturated heterocycles. The summed E-state index contributed by atoms with van der Waals surface area (Å²) in [5.41, 5.74) is 1.89. The van der Waals surface area contributed by atoms with Crippen molar-refractivity contribution in [1.29, 1.82) is 0 Å². The molecule has 0 spiro atoms. The molecule has 1 aromatic carbocycles. The minimum atomic E-state index is -1.00. The van der Waals surface area contributed by atoms with Crippen LogP contribution in [0.4, 0.5) is 5.82 Å². The van der Waals surface area contributed by atoms with E-state index in [-0.39, 0.29) is 4.88 Å². The smallest absolute Gasteiger partial charge is 0.349 e. The quantitative estimate of drug-likeness (QED) is 0.426. The predicted octanol–water partition coefficient (Wildman–Crippen LogP) is 4.57. The van der Waals surface area contributed by atoms with Crippen molar-refractivity contribution in [2.75, 3.05) is 18.5 Å². The number of carboxylic acids is 1. The number of ether oxygens (including phenoxy) is 1. The van der Waals surface area contributed by atoms with Crippen LogP contribution >= 0.6 is 22.9 Å². The second-order valence-electron chi connectivity index (χ2n) is 6.21. The summed E-state index contributed by atoms with van der Waals surface area (Å²) < 4.78 is 10.8. The Kier molecular flexibility index (Phi) is 5.68. The number of fused-ring (bicyclic) bond motifs is 1. The molecule has 148 valence electrons. The summed E-state index contributed by atoms with van der Waals surface area (Å²) in [5, 5.41) is 13.8. The molecule has 0 aliphatic rings. The highest BCUT2D eigenvalue weighted by atomic mass is 32.1. The highest BCUT2D eigenvalue weighted by molar-refractivity contribution is 7.17. The third kappa shape index (κ3) is 4.36. The number of hydrogen-bond acceptors (Lipinski definition) is 8. The Morgan fingerprint density at radius 2 is 2.14 bits per heavy atom. The minimum absolute atomic E-state index is 0.174. The van der Waals surface area contributed by atoms with Gasteiger partial charge in [-0.05, 0) is 42.6 Å². The van der Waals surface area contributed by atoms with Gasteiger partial charge in [-0.1, -0.05) is 6.07 Å². The summed E-state index contributed by atoms with van der Waals surface area (Å²) in [4.78, 5) is 20.9. The lowest BCUT2D eigenvalue weighted by atomic mass is 10.1. The molecule has 0 unspecified atom stereocenters. The zero-order valence-electron chi connectivity index (χ0n) is 15.6. The van der Waals surface area contributed by atoms with Gasteiger partial charge in [-0.2, -0.15) is 4.37 Å². The van der Waals surface area contributed by atoms with E-state index in [2.05, 4.69) is 37.9 Å². The molecule has 0 bridgehead atoms. The van der Waals surface area contributed by atoms with Gasteiger partial charge in [0.2, 0.25) is 0 Å². The van der Waals surface area contributed by atoms with Gasteiger partial charge >= 0.3 is 5.97 Å². The van der Waals surface area contributed by atoms with Crippen LogP contribution in [0.1, 0.15) is 22.2 Å². The summed E-state index contributed by atoms with van der Waals surface area (Å²) in [6.07, 6.45) is 4.21. The molecule has 4 aromatic rings. The van der Waals surface area contributed by atoms with E-state index in [1.165, 1.54) is 28.1 Å². The number of hydrogen-bond donors (Lipinski definition) is 2. The number of aromatic carboxylic acids is 1. The van der Waals surface area contributed by atoms with Crippen molar-refractivity contribution < 1.29 is 14.6 Å². The Bertz CT molecular complexity index is 1160. The van der Waals surface area contributed by atoms with Crippen molar-refractivity contribution in [2.45, 2.75) is 13.3 Å². The van der Waals surface area contributed by atoms with Crippen molar-refractivity contribution >= 4 is 44.7 Å². The Morgan fingerprint density at radius 3 is 2.97 bits per heavy atom. The predicted molar refractivity (Wildman–Crippen MR) is 115 cm³/mol. The molecule has 0 atom stereocenters. The first kappa shape index (κ1) is 19.3. The Morgan fingerprint density at radius 1 is 1.24 bits per heavy atom. The second-order valence-corrected chi connectivity index (χ2v) is 8.09. The number of benzene rings is 1. The van der Waals surface area contributed by atoms with Crippen LogP contribution in [0.2, 0.25) is 0 Å². The first-order valence-corrected chi connectivity index (χ1v) is 10.6. The van der Waals surface area contributed by atoms with E-state index in [1.807, 2.05) is 19.2 Å². The highest BCUT2D eigenvalue weighted by Crippen LogP contribution is 2.36. The number of thiophene rings is 1. The van der Waals surface area contributed by atoms with Crippen molar-refractivity contribution in [2.24, 2.45) is 0 Å². The van der Waals surface area contributed by atoms with Gasteiger partial charge in [-0.15, -0.1) is 11.3 Å². The maximum Gasteiger partial charge on any atom is 0.349 e. The largest absolute Gasteiger partial charge is 0.492 e. The fraction of sp³-hybridized carbons (Fsp3) is 0.200. The van der Waals surface area contributed by atoms with Gasteiger partial charge in [-0.25, -0.2) is 14.8 Å². The average Bonchev–Trinajstić information content (AvgIpc) is 3.35. The van der Waals surface area contributed by atoms with E-state index in [4.69, 9.17) is 4.74 Å². The monoisotopic (exact) mass is 426 g/mol. The fourth-order valence-electron chi connectivity index (χ4n) is 2.91. The van der Waals surface area contributed by atoms with Crippen LogP contribution in [-0.4, -0.2) is 38.6 Å². The lowest BCUT2D eigenvalue weighted by molar-refractivity contribution is 0.0698. The molecule has 7 nitrogen and oxygen atoms in total. The molecule has 2 N–H and O–H groups in total. The maximum atomic E-state index is 11.4. The van der Waals surface area contributed by atoms with E-state index >= 15 is 0 Å². The van der Waals surface area contributed by atoms with Crippen LogP contribution in [0.5, 0.6) is 5.75 Å². The summed E-state index contributed by atoms with van der Waals surface area (Å²) >= 11 is 2.64. The zero-order chi connectivity index (χ0) is 20.2. The standard InChI is InChI=1S/C20H18N4O3S2/c1-2-27-15-9-17(28-19(15)20(25)26)14-8-18(23-11-22-14)21-6-5-12-3-4-16-13(7-12)10-24-29-16/h3-4,7-11H,2,5-6H2,1H3,(H,25,26)(H,21,22,23). The summed E-state index contributed by atoms with van der Waals surface area (Å²) in [5.74, 6) is 0.0536. The van der Waals surface area contributed by atoms with Crippen LogP contribution in [0.3, 0.4) is 0 Å². The summed E-state index contributed by atoms with van der Waals surface area (Å²) in [7, 11) is 0. The van der Waals surface area contributed by atoms with Crippen LogP contribution in [0.25, 0.3) is 20.7 Å². The Labute approximate surface area is 175 Å². The molecule has 0 saturated carbocycles. The van der Waals surface area contributed by atoms with Crippen LogP contribution < -0.4 is 10.1 Å². The van der Waals surface area contributed by atoms with E-state index in [0.717, 1.165) is 28.0 Å². The van der Waals surface area contributed by atoms with E-state index in [0.29, 0.717) is 30.4 Å². The molecule has 0 aliphatic heterocycles. The van der Waals surface area contributed by atoms with E-state index < -0.39 is 5.97 Å². The molecular formula is C20H18N4O3S2. The molecule has 0 aliphatic carbocycles. The number of aromatic nitrogens is 3. The third-order valence-electron chi connectivity index (χ3n) is 4.25. The highest BCUT2D eigenvalue weighted by Gasteiger charge is 2.18. The van der Waals surface area contributed by atoms with Crippen LogP contribution in [0, 0.1) is 0 Å². The molecule has 0 amide bonds. The molecule has 3 aromatic heterocycles. The fourth-order valence-corrected chi connectivity index (χ4v) is 4.45. The van der Waals surface area contributed by atoms with Crippen molar-refractivity contribution in [3.05, 3.63) is 53.3 Å². The molecule has 9 heteroatoms. The van der Waals surface area contributed by atoms with E-state index in [9.17, 15) is 9.90 Å². The normalized spacial score (nSPS) is 10.9. The topological polar surface area (TPSA) is 97.2 Å². The molecule has 3 heterocycles. The number of anilines is 1. The first-order valence-electron chi connectivity index (χ1n) is 9.03. The molecule has 0 radical (unpaired) electrons. The summed E-state index contributed by atoms with van der Waals surface area (Å²) in [6.45, 7) is 2.94. The minimum Gasteiger partial charge on any atom is -0.492 e. The van der Waals surface area contributed by atoms with Gasteiger partial charge in [0, 0.05) is 30.3 Å². The second kappa shape index (κ2) is 8.54. The number of nitrogens with one attached hydrogen (secondary N) is 1. The molecular weight excluding hydrogens is 408 g/mol. The van der Waals surface area contributed by atoms with Gasteiger partial charge < -0.3 is 15.2 Å². The average molecular weight is 427 g/mol. The van der Waals surface area contributed by atoms with Gasteiger partial charge in [0.05, 0.1) is 21.9 Å². The first-order chi connectivity index (χ1) is 14.1.